The minimum Gasteiger partial charge on any atom is -0.340 e. The van der Waals surface area contributed by atoms with Crippen LogP contribution in [0.1, 0.15) is 40.3 Å². The molecule has 0 radical (unpaired) electrons. The van der Waals surface area contributed by atoms with Crippen LogP contribution in [0.15, 0.2) is 12.5 Å². The first-order valence-corrected chi connectivity index (χ1v) is 4.73. The standard InChI is InChI=1S/C11H20N2/c1-10(2,3)11(4,5)9-7-13(6)8-12-9/h7-8H,1-6H3. The lowest BCUT2D eigenvalue weighted by Crippen LogP contribution is -2.34. The van der Waals surface area contributed by atoms with E-state index in [-0.39, 0.29) is 10.8 Å². The molecule has 1 aromatic rings. The molecule has 1 heterocycles. The van der Waals surface area contributed by atoms with Crippen molar-refractivity contribution in [3.8, 4) is 0 Å². The van der Waals surface area contributed by atoms with Gasteiger partial charge in [-0.15, -0.1) is 0 Å². The summed E-state index contributed by atoms with van der Waals surface area (Å²) in [6, 6.07) is 0. The molecule has 74 valence electrons. The molecule has 0 unspecified atom stereocenters. The molecule has 0 atom stereocenters. The summed E-state index contributed by atoms with van der Waals surface area (Å²) < 4.78 is 2.00. The molecule has 13 heavy (non-hydrogen) atoms. The predicted octanol–water partition coefficient (Wildman–Crippen LogP) is 2.74. The summed E-state index contributed by atoms with van der Waals surface area (Å²) in [5.74, 6) is 0. The molecule has 2 nitrogen and oxygen atoms in total. The van der Waals surface area contributed by atoms with Gasteiger partial charge in [0.25, 0.3) is 0 Å². The van der Waals surface area contributed by atoms with E-state index in [0.717, 1.165) is 0 Å². The van der Waals surface area contributed by atoms with Crippen molar-refractivity contribution in [2.24, 2.45) is 12.5 Å². The minimum absolute atomic E-state index is 0.119. The Balaban J connectivity index is 3.07. The highest BCUT2D eigenvalue weighted by atomic mass is 15.0. The van der Waals surface area contributed by atoms with E-state index in [2.05, 4.69) is 45.8 Å². The van der Waals surface area contributed by atoms with Gasteiger partial charge in [0.15, 0.2) is 0 Å². The predicted molar refractivity (Wildman–Crippen MR) is 55.7 cm³/mol. The summed E-state index contributed by atoms with van der Waals surface area (Å²) in [5, 5.41) is 0. The first-order valence-electron chi connectivity index (χ1n) is 4.73. The number of imidazole rings is 1. The number of hydrogen-bond acceptors (Lipinski definition) is 1. The molecule has 0 N–H and O–H groups in total. The van der Waals surface area contributed by atoms with Gasteiger partial charge < -0.3 is 4.57 Å². The van der Waals surface area contributed by atoms with Crippen LogP contribution in [0.2, 0.25) is 0 Å². The third-order valence-corrected chi connectivity index (χ3v) is 3.22. The van der Waals surface area contributed by atoms with E-state index < -0.39 is 0 Å². The fourth-order valence-electron chi connectivity index (χ4n) is 1.12. The number of aromatic nitrogens is 2. The third kappa shape index (κ3) is 1.77. The van der Waals surface area contributed by atoms with Gasteiger partial charge in [0.1, 0.15) is 0 Å². The highest BCUT2D eigenvalue weighted by Crippen LogP contribution is 2.39. The molecule has 1 aromatic heterocycles. The Kier molecular flexibility index (Phi) is 2.27. The fraction of sp³-hybridized carbons (Fsp3) is 0.727. The molecule has 2 heteroatoms. The number of rotatable bonds is 1. The zero-order chi connectivity index (χ0) is 10.3. The smallest absolute Gasteiger partial charge is 0.0947 e. The SMILES string of the molecule is Cn1cnc(C(C)(C)C(C)(C)C)c1. The van der Waals surface area contributed by atoms with Gasteiger partial charge in [-0.2, -0.15) is 0 Å². The Hall–Kier alpha value is -0.790. The molecule has 0 saturated heterocycles. The van der Waals surface area contributed by atoms with Crippen LogP contribution in [0.5, 0.6) is 0 Å². The fourth-order valence-corrected chi connectivity index (χ4v) is 1.12. The van der Waals surface area contributed by atoms with Gasteiger partial charge in [-0.25, -0.2) is 4.98 Å². The molecule has 0 saturated carbocycles. The maximum Gasteiger partial charge on any atom is 0.0947 e. The van der Waals surface area contributed by atoms with Crippen molar-refractivity contribution in [1.29, 1.82) is 0 Å². The Bertz CT molecular complexity index is 289. The molecule has 1 rings (SSSR count). The second-order valence-corrected chi connectivity index (χ2v) is 5.30. The van der Waals surface area contributed by atoms with E-state index in [9.17, 15) is 0 Å². The van der Waals surface area contributed by atoms with Crippen molar-refractivity contribution in [1.82, 2.24) is 9.55 Å². The quantitative estimate of drug-likeness (QED) is 0.649. The van der Waals surface area contributed by atoms with E-state index in [0.29, 0.717) is 0 Å². The van der Waals surface area contributed by atoms with E-state index in [4.69, 9.17) is 0 Å². The summed E-state index contributed by atoms with van der Waals surface area (Å²) in [6.45, 7) is 11.2. The second-order valence-electron chi connectivity index (χ2n) is 5.30. The van der Waals surface area contributed by atoms with Crippen molar-refractivity contribution >= 4 is 0 Å². The van der Waals surface area contributed by atoms with Crippen LogP contribution in [-0.4, -0.2) is 9.55 Å². The normalized spacial score (nSPS) is 13.4. The summed E-state index contributed by atoms with van der Waals surface area (Å²) >= 11 is 0. The van der Waals surface area contributed by atoms with Gasteiger partial charge in [0.2, 0.25) is 0 Å². The summed E-state index contributed by atoms with van der Waals surface area (Å²) in [5.41, 5.74) is 1.53. The third-order valence-electron chi connectivity index (χ3n) is 3.22. The van der Waals surface area contributed by atoms with Gasteiger partial charge in [-0.1, -0.05) is 34.6 Å². The second kappa shape index (κ2) is 2.86. The van der Waals surface area contributed by atoms with Crippen LogP contribution in [-0.2, 0) is 12.5 Å². The molecule has 0 aliphatic heterocycles. The number of hydrogen-bond donors (Lipinski definition) is 0. The first kappa shape index (κ1) is 10.3. The Labute approximate surface area is 81.0 Å². The molecule has 0 aliphatic rings. The molecule has 0 fully saturated rings. The molecule has 0 aliphatic carbocycles. The summed E-state index contributed by atoms with van der Waals surface area (Å²) in [6.07, 6.45) is 3.97. The zero-order valence-corrected chi connectivity index (χ0v) is 9.55. The van der Waals surface area contributed by atoms with E-state index in [1.54, 1.807) is 0 Å². The highest BCUT2D eigenvalue weighted by molar-refractivity contribution is 5.14. The van der Waals surface area contributed by atoms with Gasteiger partial charge in [-0.3, -0.25) is 0 Å². The van der Waals surface area contributed by atoms with Crippen LogP contribution < -0.4 is 0 Å². The van der Waals surface area contributed by atoms with E-state index in [1.165, 1.54) is 5.69 Å². The topological polar surface area (TPSA) is 17.8 Å². The van der Waals surface area contributed by atoms with Crippen LogP contribution >= 0.6 is 0 Å². The monoisotopic (exact) mass is 180 g/mol. The van der Waals surface area contributed by atoms with Gasteiger partial charge >= 0.3 is 0 Å². The maximum absolute atomic E-state index is 4.42. The molecule has 0 amide bonds. The summed E-state index contributed by atoms with van der Waals surface area (Å²) in [7, 11) is 2.01. The van der Waals surface area contributed by atoms with Crippen LogP contribution in [0, 0.1) is 5.41 Å². The molecular weight excluding hydrogens is 160 g/mol. The van der Waals surface area contributed by atoms with Crippen LogP contribution in [0.3, 0.4) is 0 Å². The van der Waals surface area contributed by atoms with Crippen molar-refractivity contribution in [2.45, 2.75) is 40.0 Å². The van der Waals surface area contributed by atoms with Crippen molar-refractivity contribution in [3.05, 3.63) is 18.2 Å². The van der Waals surface area contributed by atoms with E-state index >= 15 is 0 Å². The zero-order valence-electron chi connectivity index (χ0n) is 9.55. The molecule has 0 spiro atoms. The number of aryl methyl sites for hydroxylation is 1. The molecule has 0 bridgehead atoms. The van der Waals surface area contributed by atoms with Crippen LogP contribution in [0.4, 0.5) is 0 Å². The van der Waals surface area contributed by atoms with Crippen molar-refractivity contribution < 1.29 is 0 Å². The van der Waals surface area contributed by atoms with E-state index in [1.807, 2.05) is 17.9 Å². The maximum atomic E-state index is 4.42. The average Bonchev–Trinajstić information content (AvgIpc) is 2.33. The Morgan fingerprint density at radius 1 is 1.15 bits per heavy atom. The largest absolute Gasteiger partial charge is 0.340 e. The van der Waals surface area contributed by atoms with Crippen molar-refractivity contribution in [2.75, 3.05) is 0 Å². The number of nitrogens with zero attached hydrogens (tertiary/aromatic N) is 2. The first-order chi connectivity index (χ1) is 5.75. The van der Waals surface area contributed by atoms with Gasteiger partial charge in [0.05, 0.1) is 12.0 Å². The molecular formula is C11H20N2. The Morgan fingerprint density at radius 3 is 2.00 bits per heavy atom. The minimum atomic E-state index is 0.119. The average molecular weight is 180 g/mol. The van der Waals surface area contributed by atoms with Gasteiger partial charge in [0, 0.05) is 18.7 Å². The molecule has 0 aromatic carbocycles. The summed E-state index contributed by atoms with van der Waals surface area (Å²) in [4.78, 5) is 4.42. The Morgan fingerprint density at radius 2 is 1.69 bits per heavy atom. The lowest BCUT2D eigenvalue weighted by atomic mass is 9.67. The van der Waals surface area contributed by atoms with Gasteiger partial charge in [-0.05, 0) is 5.41 Å². The lowest BCUT2D eigenvalue weighted by molar-refractivity contribution is 0.220. The lowest BCUT2D eigenvalue weighted by Gasteiger charge is -2.37. The highest BCUT2D eigenvalue weighted by Gasteiger charge is 2.36. The van der Waals surface area contributed by atoms with Crippen LogP contribution in [0.25, 0.3) is 0 Å². The van der Waals surface area contributed by atoms with Crippen molar-refractivity contribution in [3.63, 3.8) is 0 Å².